The Kier molecular flexibility index (Phi) is 7.31. The molecule has 0 N–H and O–H groups in total. The maximum Gasteiger partial charge on any atom is 0.161 e. The fourth-order valence-corrected chi connectivity index (χ4v) is 9.96. The zero-order chi connectivity index (χ0) is 39.2. The fraction of sp³-hybridized carbons (Fsp3) is 0.0526. The Morgan fingerprint density at radius 3 is 1.56 bits per heavy atom. The van der Waals surface area contributed by atoms with E-state index < -0.39 is 0 Å². The van der Waals surface area contributed by atoms with E-state index in [9.17, 15) is 0 Å². The highest BCUT2D eigenvalue weighted by molar-refractivity contribution is 6.25. The lowest BCUT2D eigenvalue weighted by molar-refractivity contribution is 0.661. The van der Waals surface area contributed by atoms with Gasteiger partial charge >= 0.3 is 0 Å². The maximum absolute atomic E-state index is 5.40. The van der Waals surface area contributed by atoms with Gasteiger partial charge in [0.15, 0.2) is 5.82 Å². The summed E-state index contributed by atoms with van der Waals surface area (Å²) in [6.07, 6.45) is 0. The second kappa shape index (κ2) is 12.8. The Morgan fingerprint density at radius 2 is 0.847 bits per heavy atom. The van der Waals surface area contributed by atoms with E-state index in [4.69, 9.17) is 9.97 Å². The molecule has 0 bridgehead atoms. The van der Waals surface area contributed by atoms with Gasteiger partial charge in [-0.3, -0.25) is 0 Å². The van der Waals surface area contributed by atoms with Crippen molar-refractivity contribution < 1.29 is 0 Å². The molecule has 12 rings (SSSR count). The number of fused-ring (bicyclic) bond motifs is 12. The van der Waals surface area contributed by atoms with Crippen molar-refractivity contribution >= 4 is 53.9 Å². The van der Waals surface area contributed by atoms with Gasteiger partial charge in [0, 0.05) is 22.1 Å². The monoisotopic (exact) mass is 750 g/mol. The number of aromatic nitrogens is 2. The summed E-state index contributed by atoms with van der Waals surface area (Å²) in [6, 6.07) is 70.6. The van der Waals surface area contributed by atoms with Gasteiger partial charge in [-0.25, -0.2) is 9.97 Å². The van der Waals surface area contributed by atoms with Crippen LogP contribution in [0.4, 0.5) is 0 Å². The summed E-state index contributed by atoms with van der Waals surface area (Å²) in [5.41, 5.74) is 12.7. The lowest BCUT2D eigenvalue weighted by atomic mass is 9.81. The minimum Gasteiger partial charge on any atom is -0.228 e. The van der Waals surface area contributed by atoms with E-state index in [1.165, 1.54) is 81.9 Å². The van der Waals surface area contributed by atoms with Gasteiger partial charge < -0.3 is 0 Å². The molecular formula is C57H38N2. The van der Waals surface area contributed by atoms with Crippen LogP contribution in [0.25, 0.3) is 110 Å². The van der Waals surface area contributed by atoms with Crippen molar-refractivity contribution in [2.24, 2.45) is 0 Å². The van der Waals surface area contributed by atoms with Crippen molar-refractivity contribution in [1.29, 1.82) is 0 Å². The Hall–Kier alpha value is -7.42. The van der Waals surface area contributed by atoms with Gasteiger partial charge in [0.2, 0.25) is 0 Å². The summed E-state index contributed by atoms with van der Waals surface area (Å²) < 4.78 is 0. The summed E-state index contributed by atoms with van der Waals surface area (Å²) >= 11 is 0. The van der Waals surface area contributed by atoms with Crippen LogP contribution < -0.4 is 0 Å². The van der Waals surface area contributed by atoms with E-state index in [1.54, 1.807) is 0 Å². The van der Waals surface area contributed by atoms with Gasteiger partial charge in [0.05, 0.1) is 11.4 Å². The largest absolute Gasteiger partial charge is 0.228 e. The van der Waals surface area contributed by atoms with Gasteiger partial charge in [-0.05, 0) is 112 Å². The SMILES string of the molecule is CC1(C)c2cc(-c3ccc(-c4nc(-c5ccccc5)cc(-c5ccc6c7ccccc7c7ccccc7c6c5)n4)c4ccccc34)ccc2-c2c1ccc1ccccc21. The molecule has 0 fully saturated rings. The van der Waals surface area contributed by atoms with Gasteiger partial charge in [0.25, 0.3) is 0 Å². The number of hydrogen-bond donors (Lipinski definition) is 0. The minimum absolute atomic E-state index is 0.120. The second-order valence-electron chi connectivity index (χ2n) is 16.5. The number of hydrogen-bond acceptors (Lipinski definition) is 2. The molecule has 0 unspecified atom stereocenters. The molecular weight excluding hydrogens is 713 g/mol. The average Bonchev–Trinajstić information content (AvgIpc) is 3.54. The molecule has 1 aliphatic carbocycles. The fourth-order valence-electron chi connectivity index (χ4n) is 9.96. The molecule has 0 saturated carbocycles. The number of benzene rings is 10. The van der Waals surface area contributed by atoms with Crippen molar-refractivity contribution in [3.63, 3.8) is 0 Å². The summed E-state index contributed by atoms with van der Waals surface area (Å²) in [4.78, 5) is 10.7. The molecule has 2 heteroatoms. The molecule has 276 valence electrons. The third kappa shape index (κ3) is 5.13. The normalized spacial score (nSPS) is 13.1. The Balaban J connectivity index is 1.03. The molecule has 1 heterocycles. The smallest absolute Gasteiger partial charge is 0.161 e. The van der Waals surface area contributed by atoms with Crippen LogP contribution >= 0.6 is 0 Å². The predicted molar refractivity (Wildman–Crippen MR) is 249 cm³/mol. The van der Waals surface area contributed by atoms with Gasteiger partial charge in [-0.1, -0.05) is 184 Å². The third-order valence-electron chi connectivity index (χ3n) is 12.9. The summed E-state index contributed by atoms with van der Waals surface area (Å²) in [6.45, 7) is 4.73. The molecule has 1 aliphatic rings. The molecule has 10 aromatic carbocycles. The first-order valence-corrected chi connectivity index (χ1v) is 20.5. The summed E-state index contributed by atoms with van der Waals surface area (Å²) in [5.74, 6) is 0.713. The van der Waals surface area contributed by atoms with Crippen molar-refractivity contribution in [2.45, 2.75) is 19.3 Å². The van der Waals surface area contributed by atoms with E-state index in [-0.39, 0.29) is 5.41 Å². The van der Waals surface area contributed by atoms with Crippen molar-refractivity contribution in [3.8, 4) is 56.2 Å². The Morgan fingerprint density at radius 1 is 0.322 bits per heavy atom. The standard InChI is InChI=1S/C57H38N2/c1-57(2)51-31-26-35-14-6-7-17-40(35)55(51)49-28-24-37(33-52(49)57)39-29-30-48(45-22-12-8-18-41(39)45)56-58-53(36-15-4-3-5-16-36)34-54(59-56)38-25-27-47-44-21-10-9-19-42(44)43-20-11-13-23-46(43)50(47)32-38/h3-34H,1-2H3. The first-order chi connectivity index (χ1) is 29.0. The van der Waals surface area contributed by atoms with Crippen molar-refractivity contribution in [2.75, 3.05) is 0 Å². The van der Waals surface area contributed by atoms with E-state index in [0.717, 1.165) is 33.5 Å². The molecule has 0 saturated heterocycles. The van der Waals surface area contributed by atoms with Crippen LogP contribution in [0, 0.1) is 0 Å². The predicted octanol–water partition coefficient (Wildman–Crippen LogP) is 15.2. The number of nitrogens with zero attached hydrogens (tertiary/aromatic N) is 2. The molecule has 0 spiro atoms. The highest BCUT2D eigenvalue weighted by Gasteiger charge is 2.36. The van der Waals surface area contributed by atoms with Crippen LogP contribution in [-0.2, 0) is 5.41 Å². The molecule has 2 nitrogen and oxygen atoms in total. The Bertz CT molecular complexity index is 3490. The van der Waals surface area contributed by atoms with E-state index in [2.05, 4.69) is 208 Å². The van der Waals surface area contributed by atoms with Crippen molar-refractivity contribution in [1.82, 2.24) is 9.97 Å². The maximum atomic E-state index is 5.40. The lowest BCUT2D eigenvalue weighted by Crippen LogP contribution is -2.15. The second-order valence-corrected chi connectivity index (χ2v) is 16.5. The summed E-state index contributed by atoms with van der Waals surface area (Å²) in [7, 11) is 0. The highest BCUT2D eigenvalue weighted by Crippen LogP contribution is 2.52. The van der Waals surface area contributed by atoms with E-state index >= 15 is 0 Å². The van der Waals surface area contributed by atoms with Crippen LogP contribution in [0.2, 0.25) is 0 Å². The van der Waals surface area contributed by atoms with Crippen LogP contribution in [-0.4, -0.2) is 9.97 Å². The van der Waals surface area contributed by atoms with Crippen molar-refractivity contribution in [3.05, 3.63) is 205 Å². The quantitative estimate of drug-likeness (QED) is 0.167. The molecule has 0 atom stereocenters. The third-order valence-corrected chi connectivity index (χ3v) is 12.9. The lowest BCUT2D eigenvalue weighted by Gasteiger charge is -2.22. The highest BCUT2D eigenvalue weighted by atomic mass is 14.9. The molecule has 0 amide bonds. The van der Waals surface area contributed by atoms with Crippen LogP contribution in [0.1, 0.15) is 25.0 Å². The molecule has 11 aromatic rings. The van der Waals surface area contributed by atoms with Gasteiger partial charge in [-0.2, -0.15) is 0 Å². The molecule has 1 aromatic heterocycles. The zero-order valence-corrected chi connectivity index (χ0v) is 32.9. The first-order valence-electron chi connectivity index (χ1n) is 20.5. The van der Waals surface area contributed by atoms with Crippen LogP contribution in [0.5, 0.6) is 0 Å². The average molecular weight is 751 g/mol. The topological polar surface area (TPSA) is 25.8 Å². The molecule has 0 aliphatic heterocycles. The van der Waals surface area contributed by atoms with E-state index in [1.807, 2.05) is 0 Å². The number of rotatable bonds is 4. The Labute approximate surface area is 343 Å². The molecule has 59 heavy (non-hydrogen) atoms. The molecule has 0 radical (unpaired) electrons. The van der Waals surface area contributed by atoms with Gasteiger partial charge in [0.1, 0.15) is 0 Å². The van der Waals surface area contributed by atoms with Crippen LogP contribution in [0.15, 0.2) is 194 Å². The first kappa shape index (κ1) is 33.7. The van der Waals surface area contributed by atoms with Gasteiger partial charge in [-0.15, -0.1) is 0 Å². The zero-order valence-electron chi connectivity index (χ0n) is 32.9. The van der Waals surface area contributed by atoms with Crippen LogP contribution in [0.3, 0.4) is 0 Å². The van der Waals surface area contributed by atoms with E-state index in [0.29, 0.717) is 5.82 Å². The summed E-state index contributed by atoms with van der Waals surface area (Å²) in [5, 5.41) is 12.4. The minimum atomic E-state index is -0.120.